The summed E-state index contributed by atoms with van der Waals surface area (Å²) in [6.07, 6.45) is 2.82. The van der Waals surface area contributed by atoms with Gasteiger partial charge >= 0.3 is 0 Å². The van der Waals surface area contributed by atoms with Gasteiger partial charge in [0.05, 0.1) is 17.6 Å². The van der Waals surface area contributed by atoms with Crippen molar-refractivity contribution in [3.63, 3.8) is 0 Å². The number of aromatic nitrogens is 2. The van der Waals surface area contributed by atoms with Gasteiger partial charge in [-0.1, -0.05) is 27.7 Å². The maximum absolute atomic E-state index is 4.66. The number of aliphatic imine (C=N–C) groups is 1. The molecule has 1 heterocycles. The highest BCUT2D eigenvalue weighted by Crippen LogP contribution is 2.23. The Hall–Kier alpha value is -1.45. The standard InChI is InChI=1S/C14H24N4/c1-7-10(4)13-14(12(16-6)9(2)3)17-8-11(15-5)18-13/h8-10H,7H2,1-6H3,(H,15,18). The van der Waals surface area contributed by atoms with Crippen molar-refractivity contribution >= 4 is 11.5 Å². The first-order valence-corrected chi connectivity index (χ1v) is 6.56. The predicted octanol–water partition coefficient (Wildman–Crippen LogP) is 3.11. The molecule has 0 saturated heterocycles. The molecule has 1 unspecified atom stereocenters. The second-order valence-electron chi connectivity index (χ2n) is 4.81. The third kappa shape index (κ3) is 3.06. The first-order valence-electron chi connectivity index (χ1n) is 6.56. The van der Waals surface area contributed by atoms with Crippen LogP contribution in [0.2, 0.25) is 0 Å². The Morgan fingerprint density at radius 3 is 2.50 bits per heavy atom. The van der Waals surface area contributed by atoms with E-state index in [4.69, 9.17) is 0 Å². The Bertz CT molecular complexity index is 424. The van der Waals surface area contributed by atoms with Gasteiger partial charge in [-0.05, 0) is 12.3 Å². The van der Waals surface area contributed by atoms with Gasteiger partial charge in [0.15, 0.2) is 0 Å². The highest BCUT2D eigenvalue weighted by atomic mass is 15.0. The fourth-order valence-electron chi connectivity index (χ4n) is 1.90. The van der Waals surface area contributed by atoms with Crippen LogP contribution < -0.4 is 5.32 Å². The van der Waals surface area contributed by atoms with Crippen LogP contribution in [0.15, 0.2) is 11.2 Å². The molecular weight excluding hydrogens is 224 g/mol. The number of anilines is 1. The van der Waals surface area contributed by atoms with Crippen LogP contribution in [0, 0.1) is 5.92 Å². The van der Waals surface area contributed by atoms with Gasteiger partial charge in [-0.25, -0.2) is 9.97 Å². The summed E-state index contributed by atoms with van der Waals surface area (Å²) in [5.74, 6) is 1.55. The van der Waals surface area contributed by atoms with Crippen molar-refractivity contribution in [1.82, 2.24) is 9.97 Å². The zero-order valence-corrected chi connectivity index (χ0v) is 12.3. The third-order valence-electron chi connectivity index (χ3n) is 3.17. The molecule has 4 heteroatoms. The first kappa shape index (κ1) is 14.6. The number of nitrogens with one attached hydrogen (secondary N) is 1. The van der Waals surface area contributed by atoms with Gasteiger partial charge < -0.3 is 5.32 Å². The molecule has 1 atom stereocenters. The quantitative estimate of drug-likeness (QED) is 0.815. The molecule has 4 nitrogen and oxygen atoms in total. The Morgan fingerprint density at radius 1 is 1.39 bits per heavy atom. The van der Waals surface area contributed by atoms with E-state index >= 15 is 0 Å². The molecule has 0 fully saturated rings. The molecule has 1 aromatic rings. The number of hydrogen-bond acceptors (Lipinski definition) is 4. The Balaban J connectivity index is 3.34. The van der Waals surface area contributed by atoms with E-state index in [9.17, 15) is 0 Å². The number of nitrogens with zero attached hydrogens (tertiary/aromatic N) is 3. The van der Waals surface area contributed by atoms with Crippen LogP contribution in [0.25, 0.3) is 0 Å². The smallest absolute Gasteiger partial charge is 0.144 e. The zero-order chi connectivity index (χ0) is 13.7. The predicted molar refractivity (Wildman–Crippen MR) is 77.6 cm³/mol. The SMILES string of the molecule is CCC(C)c1nc(NC)cnc1C(=NC)C(C)C. The van der Waals surface area contributed by atoms with Crippen LogP contribution in [-0.4, -0.2) is 29.8 Å². The van der Waals surface area contributed by atoms with Crippen LogP contribution in [0.4, 0.5) is 5.82 Å². The van der Waals surface area contributed by atoms with Crippen molar-refractivity contribution in [2.45, 2.75) is 40.0 Å². The van der Waals surface area contributed by atoms with Crippen molar-refractivity contribution in [1.29, 1.82) is 0 Å². The van der Waals surface area contributed by atoms with E-state index in [0.717, 1.165) is 29.3 Å². The van der Waals surface area contributed by atoms with Crippen LogP contribution in [0.5, 0.6) is 0 Å². The fraction of sp³-hybridized carbons (Fsp3) is 0.643. The van der Waals surface area contributed by atoms with E-state index < -0.39 is 0 Å². The molecule has 1 N–H and O–H groups in total. The summed E-state index contributed by atoms with van der Waals surface area (Å²) in [6.45, 7) is 8.62. The van der Waals surface area contributed by atoms with Gasteiger partial charge in [0.1, 0.15) is 11.5 Å². The summed E-state index contributed by atoms with van der Waals surface area (Å²) >= 11 is 0. The van der Waals surface area contributed by atoms with E-state index in [1.165, 1.54) is 0 Å². The van der Waals surface area contributed by atoms with Crippen LogP contribution in [0.1, 0.15) is 51.4 Å². The van der Waals surface area contributed by atoms with Crippen LogP contribution >= 0.6 is 0 Å². The van der Waals surface area contributed by atoms with Crippen molar-refractivity contribution in [2.24, 2.45) is 10.9 Å². The molecule has 0 aliphatic rings. The van der Waals surface area contributed by atoms with Crippen molar-refractivity contribution in [2.75, 3.05) is 19.4 Å². The Morgan fingerprint density at radius 2 is 2.06 bits per heavy atom. The summed E-state index contributed by atoms with van der Waals surface area (Å²) in [6, 6.07) is 0. The Labute approximate surface area is 110 Å². The normalized spacial score (nSPS) is 13.8. The molecule has 0 aliphatic heterocycles. The monoisotopic (exact) mass is 248 g/mol. The van der Waals surface area contributed by atoms with Gasteiger partial charge in [-0.3, -0.25) is 4.99 Å². The maximum Gasteiger partial charge on any atom is 0.144 e. The topological polar surface area (TPSA) is 50.2 Å². The highest BCUT2D eigenvalue weighted by Gasteiger charge is 2.19. The minimum Gasteiger partial charge on any atom is -0.372 e. The molecule has 0 bridgehead atoms. The molecule has 0 radical (unpaired) electrons. The third-order valence-corrected chi connectivity index (χ3v) is 3.17. The average Bonchev–Trinajstić information content (AvgIpc) is 2.38. The average molecular weight is 248 g/mol. The van der Waals surface area contributed by atoms with Crippen molar-refractivity contribution in [3.05, 3.63) is 17.6 Å². The number of hydrogen-bond donors (Lipinski definition) is 1. The lowest BCUT2D eigenvalue weighted by atomic mass is 9.96. The Kier molecular flexibility index (Phi) is 5.25. The largest absolute Gasteiger partial charge is 0.372 e. The molecule has 0 spiro atoms. The molecule has 1 aromatic heterocycles. The fourth-order valence-corrected chi connectivity index (χ4v) is 1.90. The van der Waals surface area contributed by atoms with E-state index in [-0.39, 0.29) is 0 Å². The van der Waals surface area contributed by atoms with Gasteiger partial charge in [0.25, 0.3) is 0 Å². The molecule has 0 amide bonds. The lowest BCUT2D eigenvalue weighted by Gasteiger charge is -2.17. The lowest BCUT2D eigenvalue weighted by Crippen LogP contribution is -2.17. The van der Waals surface area contributed by atoms with E-state index in [1.807, 2.05) is 14.1 Å². The minimum atomic E-state index is 0.354. The lowest BCUT2D eigenvalue weighted by molar-refractivity contribution is 0.698. The molecular formula is C14H24N4. The van der Waals surface area contributed by atoms with Crippen LogP contribution in [0.3, 0.4) is 0 Å². The number of rotatable bonds is 5. The van der Waals surface area contributed by atoms with E-state index in [0.29, 0.717) is 11.8 Å². The summed E-state index contributed by atoms with van der Waals surface area (Å²) in [5, 5.41) is 3.05. The second-order valence-corrected chi connectivity index (χ2v) is 4.81. The van der Waals surface area contributed by atoms with Crippen LogP contribution in [-0.2, 0) is 0 Å². The second kappa shape index (κ2) is 6.47. The van der Waals surface area contributed by atoms with Gasteiger partial charge in [-0.2, -0.15) is 0 Å². The summed E-state index contributed by atoms with van der Waals surface area (Å²) in [5.41, 5.74) is 3.01. The van der Waals surface area contributed by atoms with Gasteiger partial charge in [-0.15, -0.1) is 0 Å². The summed E-state index contributed by atoms with van der Waals surface area (Å²) in [7, 11) is 3.69. The molecule has 0 aliphatic carbocycles. The summed E-state index contributed by atoms with van der Waals surface area (Å²) < 4.78 is 0. The maximum atomic E-state index is 4.66. The summed E-state index contributed by atoms with van der Waals surface area (Å²) in [4.78, 5) is 13.6. The first-order chi connectivity index (χ1) is 8.54. The molecule has 100 valence electrons. The molecule has 1 rings (SSSR count). The van der Waals surface area contributed by atoms with Crippen molar-refractivity contribution in [3.8, 4) is 0 Å². The highest BCUT2D eigenvalue weighted by molar-refractivity contribution is 6.01. The molecule has 0 saturated carbocycles. The zero-order valence-electron chi connectivity index (χ0n) is 12.3. The van der Waals surface area contributed by atoms with Crippen molar-refractivity contribution < 1.29 is 0 Å². The van der Waals surface area contributed by atoms with Gasteiger partial charge in [0.2, 0.25) is 0 Å². The van der Waals surface area contributed by atoms with E-state index in [2.05, 4.69) is 48.0 Å². The van der Waals surface area contributed by atoms with E-state index in [1.54, 1.807) is 6.20 Å². The van der Waals surface area contributed by atoms with Gasteiger partial charge in [0, 0.05) is 20.0 Å². The molecule has 0 aromatic carbocycles. The molecule has 18 heavy (non-hydrogen) atoms. The minimum absolute atomic E-state index is 0.354.